The Morgan fingerprint density at radius 3 is 2.56 bits per heavy atom. The number of hydrogen-bond donors (Lipinski definition) is 2. The molecule has 1 heterocycles. The van der Waals surface area contributed by atoms with Gasteiger partial charge in [0.25, 0.3) is 0 Å². The number of carbonyl (C=O) groups excluding carboxylic acids is 2. The molecular weight excluding hydrogens is 352 g/mol. The second-order valence-corrected chi connectivity index (χ2v) is 5.96. The molecule has 1 aromatic carbocycles. The molecule has 1 aliphatic heterocycles. The maximum Gasteiger partial charge on any atom is 0.227 e. The summed E-state index contributed by atoms with van der Waals surface area (Å²) in [4.78, 5) is 25.7. The molecule has 8 heteroatoms. The van der Waals surface area contributed by atoms with E-state index in [1.54, 1.807) is 4.90 Å². The Bertz CT molecular complexity index is 581. The Kier molecular flexibility index (Phi) is 8.78. The number of nitrogens with two attached hydrogens (primary N) is 1. The molecule has 0 saturated carbocycles. The molecular formula is C17H24ClF2N3O2. The van der Waals surface area contributed by atoms with Gasteiger partial charge in [-0.15, -0.1) is 12.4 Å². The number of halogens is 3. The number of nitrogens with one attached hydrogen (secondary N) is 1. The molecule has 3 N–H and O–H groups in total. The summed E-state index contributed by atoms with van der Waals surface area (Å²) in [6.07, 6.45) is 2.48. The minimum Gasteiger partial charge on any atom is -0.354 e. The average Bonchev–Trinajstić information content (AvgIpc) is 2.57. The topological polar surface area (TPSA) is 75.4 Å². The Hall–Kier alpha value is -1.73. The predicted molar refractivity (Wildman–Crippen MR) is 93.3 cm³/mol. The number of piperidine rings is 1. The maximum absolute atomic E-state index is 13.7. The van der Waals surface area contributed by atoms with Crippen LogP contribution in [0.2, 0.25) is 0 Å². The first-order valence-electron chi connectivity index (χ1n) is 8.22. The third-order valence-corrected chi connectivity index (χ3v) is 4.24. The minimum absolute atomic E-state index is 0. The molecule has 1 aromatic rings. The lowest BCUT2D eigenvalue weighted by Gasteiger charge is -2.36. The van der Waals surface area contributed by atoms with Crippen LogP contribution in [0.25, 0.3) is 0 Å². The Balaban J connectivity index is 0.00000312. The van der Waals surface area contributed by atoms with E-state index in [2.05, 4.69) is 5.32 Å². The summed E-state index contributed by atoms with van der Waals surface area (Å²) in [6, 6.07) is 3.41. The number of rotatable bonds is 6. The maximum atomic E-state index is 13.7. The fourth-order valence-corrected chi connectivity index (χ4v) is 2.95. The van der Waals surface area contributed by atoms with Crippen LogP contribution < -0.4 is 11.1 Å². The van der Waals surface area contributed by atoms with Crippen molar-refractivity contribution in [1.29, 1.82) is 0 Å². The lowest BCUT2D eigenvalue weighted by molar-refractivity contribution is -0.134. The van der Waals surface area contributed by atoms with Crippen molar-refractivity contribution in [2.24, 2.45) is 5.73 Å². The summed E-state index contributed by atoms with van der Waals surface area (Å²) in [5, 5.41) is 2.76. The van der Waals surface area contributed by atoms with Crippen LogP contribution >= 0.6 is 12.4 Å². The molecule has 2 amide bonds. The second kappa shape index (κ2) is 10.3. The lowest BCUT2D eigenvalue weighted by atomic mass is 10.00. The Labute approximate surface area is 152 Å². The van der Waals surface area contributed by atoms with Gasteiger partial charge in [-0.05, 0) is 31.4 Å². The summed E-state index contributed by atoms with van der Waals surface area (Å²) in [5.41, 5.74) is 5.12. The molecule has 0 aromatic heterocycles. The fourth-order valence-electron chi connectivity index (χ4n) is 2.95. The molecule has 0 spiro atoms. The Morgan fingerprint density at radius 1 is 1.24 bits per heavy atom. The smallest absolute Gasteiger partial charge is 0.227 e. The molecule has 1 unspecified atom stereocenters. The van der Waals surface area contributed by atoms with Gasteiger partial charge in [0.15, 0.2) is 0 Å². The monoisotopic (exact) mass is 375 g/mol. The van der Waals surface area contributed by atoms with Gasteiger partial charge in [0, 0.05) is 37.7 Å². The van der Waals surface area contributed by atoms with E-state index < -0.39 is 11.6 Å². The molecule has 1 fully saturated rings. The summed E-state index contributed by atoms with van der Waals surface area (Å²) in [5.74, 6) is -1.91. The van der Waals surface area contributed by atoms with Crippen LogP contribution in [-0.4, -0.2) is 42.4 Å². The quantitative estimate of drug-likeness (QED) is 0.795. The summed E-state index contributed by atoms with van der Waals surface area (Å²) >= 11 is 0. The number of nitrogens with zero attached hydrogens (tertiary/aromatic N) is 1. The van der Waals surface area contributed by atoms with Crippen molar-refractivity contribution in [3.63, 3.8) is 0 Å². The predicted octanol–water partition coefficient (Wildman–Crippen LogP) is 1.78. The molecule has 1 saturated heterocycles. The zero-order chi connectivity index (χ0) is 17.5. The number of hydrogen-bond acceptors (Lipinski definition) is 3. The van der Waals surface area contributed by atoms with Gasteiger partial charge in [-0.1, -0.05) is 6.07 Å². The van der Waals surface area contributed by atoms with Gasteiger partial charge >= 0.3 is 0 Å². The molecule has 140 valence electrons. The molecule has 1 aliphatic rings. The van der Waals surface area contributed by atoms with Crippen LogP contribution in [-0.2, 0) is 16.0 Å². The minimum atomic E-state index is -0.715. The van der Waals surface area contributed by atoms with E-state index in [0.717, 1.165) is 31.4 Å². The molecule has 0 aliphatic carbocycles. The van der Waals surface area contributed by atoms with E-state index in [0.29, 0.717) is 13.1 Å². The van der Waals surface area contributed by atoms with E-state index in [9.17, 15) is 18.4 Å². The van der Waals surface area contributed by atoms with Gasteiger partial charge in [-0.2, -0.15) is 0 Å². The first-order valence-corrected chi connectivity index (χ1v) is 8.22. The van der Waals surface area contributed by atoms with Crippen molar-refractivity contribution < 1.29 is 18.4 Å². The van der Waals surface area contributed by atoms with Crippen molar-refractivity contribution in [3.05, 3.63) is 35.4 Å². The van der Waals surface area contributed by atoms with Crippen LogP contribution in [0.3, 0.4) is 0 Å². The molecule has 5 nitrogen and oxygen atoms in total. The highest BCUT2D eigenvalue weighted by atomic mass is 35.5. The highest BCUT2D eigenvalue weighted by Gasteiger charge is 2.28. The summed E-state index contributed by atoms with van der Waals surface area (Å²) < 4.78 is 27.5. The number of amides is 2. The average molecular weight is 376 g/mol. The SMILES string of the molecule is Cl.NCCC(=O)NCC1CCCCN1C(=O)Cc1c(F)cccc1F. The van der Waals surface area contributed by atoms with E-state index in [4.69, 9.17) is 5.73 Å². The molecule has 25 heavy (non-hydrogen) atoms. The van der Waals surface area contributed by atoms with Gasteiger partial charge in [0.2, 0.25) is 11.8 Å². The van der Waals surface area contributed by atoms with Gasteiger partial charge in [0.05, 0.1) is 6.42 Å². The third-order valence-electron chi connectivity index (χ3n) is 4.24. The van der Waals surface area contributed by atoms with Crippen LogP contribution in [0.5, 0.6) is 0 Å². The summed E-state index contributed by atoms with van der Waals surface area (Å²) in [6.45, 7) is 1.14. The lowest BCUT2D eigenvalue weighted by Crippen LogP contribution is -2.50. The van der Waals surface area contributed by atoms with Crippen LogP contribution in [0.1, 0.15) is 31.2 Å². The molecule has 0 radical (unpaired) electrons. The van der Waals surface area contributed by atoms with Crippen LogP contribution in [0.4, 0.5) is 8.78 Å². The van der Waals surface area contributed by atoms with Crippen molar-refractivity contribution in [1.82, 2.24) is 10.2 Å². The van der Waals surface area contributed by atoms with Gasteiger partial charge in [-0.25, -0.2) is 8.78 Å². The standard InChI is InChI=1S/C17H23F2N3O2.ClH/c18-14-5-3-6-15(19)13(14)10-17(24)22-9-2-1-4-12(22)11-21-16(23)7-8-20;/h3,5-6,12H,1-2,4,7-11,20H2,(H,21,23);1H. The van der Waals surface area contributed by atoms with Crippen molar-refractivity contribution in [2.75, 3.05) is 19.6 Å². The highest BCUT2D eigenvalue weighted by Crippen LogP contribution is 2.20. The Morgan fingerprint density at radius 2 is 1.92 bits per heavy atom. The summed E-state index contributed by atoms with van der Waals surface area (Å²) in [7, 11) is 0. The largest absolute Gasteiger partial charge is 0.354 e. The normalized spacial score (nSPS) is 16.9. The number of likely N-dealkylation sites (tertiary alicyclic amines) is 1. The van der Waals surface area contributed by atoms with E-state index in [1.807, 2.05) is 0 Å². The third kappa shape index (κ3) is 5.93. The van der Waals surface area contributed by atoms with Gasteiger partial charge < -0.3 is 16.0 Å². The van der Waals surface area contributed by atoms with Crippen molar-refractivity contribution in [3.8, 4) is 0 Å². The second-order valence-electron chi connectivity index (χ2n) is 5.96. The van der Waals surface area contributed by atoms with Crippen molar-refractivity contribution >= 4 is 24.2 Å². The van der Waals surface area contributed by atoms with Crippen LogP contribution in [0.15, 0.2) is 18.2 Å². The number of carbonyl (C=O) groups is 2. The zero-order valence-corrected chi connectivity index (χ0v) is 14.8. The molecule has 2 rings (SSSR count). The first kappa shape index (κ1) is 21.3. The van der Waals surface area contributed by atoms with E-state index >= 15 is 0 Å². The van der Waals surface area contributed by atoms with E-state index in [-0.39, 0.29) is 55.2 Å². The zero-order valence-electron chi connectivity index (χ0n) is 14.0. The van der Waals surface area contributed by atoms with Gasteiger partial charge in [-0.3, -0.25) is 9.59 Å². The first-order chi connectivity index (χ1) is 11.5. The molecule has 1 atom stereocenters. The van der Waals surface area contributed by atoms with Gasteiger partial charge in [0.1, 0.15) is 11.6 Å². The molecule has 0 bridgehead atoms. The van der Waals surface area contributed by atoms with Crippen molar-refractivity contribution in [2.45, 2.75) is 38.1 Å². The fraction of sp³-hybridized carbons (Fsp3) is 0.529. The van der Waals surface area contributed by atoms with E-state index in [1.165, 1.54) is 6.07 Å². The highest BCUT2D eigenvalue weighted by molar-refractivity contribution is 5.85. The number of benzene rings is 1. The van der Waals surface area contributed by atoms with Crippen LogP contribution in [0, 0.1) is 11.6 Å².